The summed E-state index contributed by atoms with van der Waals surface area (Å²) < 4.78 is 1.89. The minimum atomic E-state index is 0.163. The van der Waals surface area contributed by atoms with Gasteiger partial charge in [-0.05, 0) is 48.9 Å². The zero-order valence-corrected chi connectivity index (χ0v) is 15.4. The first kappa shape index (κ1) is 16.8. The summed E-state index contributed by atoms with van der Waals surface area (Å²) in [6.45, 7) is 6.61. The maximum Gasteiger partial charge on any atom is 0.254 e. The lowest BCUT2D eigenvalue weighted by Gasteiger charge is -2.32. The molecule has 4 rings (SSSR count). The van der Waals surface area contributed by atoms with E-state index in [2.05, 4.69) is 47.3 Å². The number of piperidine rings is 1. The van der Waals surface area contributed by atoms with Crippen LogP contribution in [0.15, 0.2) is 43.0 Å². The number of nitrogens with zero attached hydrogens (tertiary/aromatic N) is 4. The predicted octanol–water partition coefficient (Wildman–Crippen LogP) is 3.60. The number of hydrogen-bond donors (Lipinski definition) is 0. The Kier molecular flexibility index (Phi) is 4.45. The highest BCUT2D eigenvalue weighted by Gasteiger charge is 2.26. The Bertz CT molecular complexity index is 925. The van der Waals surface area contributed by atoms with Gasteiger partial charge in [-0.1, -0.05) is 35.9 Å². The first-order valence-electron chi connectivity index (χ1n) is 9.23. The van der Waals surface area contributed by atoms with Crippen LogP contribution in [0.2, 0.25) is 0 Å². The van der Waals surface area contributed by atoms with E-state index < -0.39 is 0 Å². The molecule has 0 bridgehead atoms. The molecular formula is C21H24N4O. The van der Waals surface area contributed by atoms with Crippen molar-refractivity contribution in [3.63, 3.8) is 0 Å². The molecule has 5 heteroatoms. The molecule has 1 fully saturated rings. The number of carbonyl (C=O) groups excluding carboxylic acids is 1. The molecule has 0 spiro atoms. The van der Waals surface area contributed by atoms with Gasteiger partial charge >= 0.3 is 0 Å². The van der Waals surface area contributed by atoms with Crippen LogP contribution in [0.5, 0.6) is 0 Å². The highest BCUT2D eigenvalue weighted by Crippen LogP contribution is 2.27. The molecule has 0 radical (unpaired) electrons. The van der Waals surface area contributed by atoms with Gasteiger partial charge < -0.3 is 4.90 Å². The topological polar surface area (TPSA) is 51.0 Å². The van der Waals surface area contributed by atoms with Gasteiger partial charge in [-0.2, -0.15) is 5.10 Å². The van der Waals surface area contributed by atoms with E-state index in [1.165, 1.54) is 5.56 Å². The molecule has 1 aliphatic heterocycles. The van der Waals surface area contributed by atoms with Crippen molar-refractivity contribution < 1.29 is 4.79 Å². The third-order valence-electron chi connectivity index (χ3n) is 5.41. The van der Waals surface area contributed by atoms with Crippen LogP contribution in [0.3, 0.4) is 0 Å². The van der Waals surface area contributed by atoms with Crippen LogP contribution in [0.1, 0.15) is 34.3 Å². The van der Waals surface area contributed by atoms with Gasteiger partial charge in [0.05, 0.1) is 5.56 Å². The molecule has 5 nitrogen and oxygen atoms in total. The Balaban J connectivity index is 1.52. The molecule has 2 aromatic carbocycles. The number of benzene rings is 2. The molecule has 0 N–H and O–H groups in total. The van der Waals surface area contributed by atoms with Crippen LogP contribution in [-0.2, 0) is 6.54 Å². The lowest BCUT2D eigenvalue weighted by Crippen LogP contribution is -2.39. The number of hydrogen-bond acceptors (Lipinski definition) is 3. The highest BCUT2D eigenvalue weighted by atomic mass is 16.2. The fourth-order valence-corrected chi connectivity index (χ4v) is 3.91. The molecule has 26 heavy (non-hydrogen) atoms. The minimum absolute atomic E-state index is 0.163. The van der Waals surface area contributed by atoms with Crippen LogP contribution < -0.4 is 0 Å². The average Bonchev–Trinajstić information content (AvgIpc) is 3.15. The minimum Gasteiger partial charge on any atom is -0.339 e. The van der Waals surface area contributed by atoms with E-state index in [9.17, 15) is 4.79 Å². The van der Waals surface area contributed by atoms with Gasteiger partial charge in [0.15, 0.2) is 0 Å². The number of aryl methyl sites for hydroxylation is 2. The lowest BCUT2D eigenvalue weighted by atomic mass is 9.94. The fraction of sp³-hybridized carbons (Fsp3) is 0.381. The number of rotatable bonds is 3. The Morgan fingerprint density at radius 2 is 1.96 bits per heavy atom. The molecular weight excluding hydrogens is 324 g/mol. The quantitative estimate of drug-likeness (QED) is 0.727. The van der Waals surface area contributed by atoms with Crippen molar-refractivity contribution in [2.24, 2.45) is 5.92 Å². The summed E-state index contributed by atoms with van der Waals surface area (Å²) in [5, 5.41) is 6.39. The summed E-state index contributed by atoms with van der Waals surface area (Å²) in [5.74, 6) is 0.716. The Hall–Kier alpha value is -2.69. The van der Waals surface area contributed by atoms with Crippen molar-refractivity contribution in [3.05, 3.63) is 59.7 Å². The summed E-state index contributed by atoms with van der Waals surface area (Å²) in [7, 11) is 0. The summed E-state index contributed by atoms with van der Waals surface area (Å²) in [4.78, 5) is 19.3. The van der Waals surface area contributed by atoms with Crippen molar-refractivity contribution in [1.82, 2.24) is 19.7 Å². The van der Waals surface area contributed by atoms with E-state index in [0.29, 0.717) is 5.92 Å². The van der Waals surface area contributed by atoms with E-state index in [1.54, 1.807) is 12.7 Å². The molecule has 2 heterocycles. The van der Waals surface area contributed by atoms with Crippen LogP contribution >= 0.6 is 0 Å². The van der Waals surface area contributed by atoms with Gasteiger partial charge in [-0.25, -0.2) is 4.98 Å². The fourth-order valence-electron chi connectivity index (χ4n) is 3.91. The van der Waals surface area contributed by atoms with Gasteiger partial charge in [0.2, 0.25) is 0 Å². The molecule has 0 unspecified atom stereocenters. The second-order valence-electron chi connectivity index (χ2n) is 7.34. The Morgan fingerprint density at radius 3 is 2.69 bits per heavy atom. The Labute approximate surface area is 153 Å². The van der Waals surface area contributed by atoms with Crippen molar-refractivity contribution >= 4 is 16.7 Å². The van der Waals surface area contributed by atoms with Crippen LogP contribution in [0.4, 0.5) is 0 Å². The van der Waals surface area contributed by atoms with Crippen LogP contribution in [0.25, 0.3) is 10.8 Å². The zero-order valence-electron chi connectivity index (χ0n) is 15.4. The second-order valence-corrected chi connectivity index (χ2v) is 7.34. The number of carbonyl (C=O) groups is 1. The second kappa shape index (κ2) is 6.90. The van der Waals surface area contributed by atoms with Gasteiger partial charge in [-0.3, -0.25) is 9.48 Å². The predicted molar refractivity (Wildman–Crippen MR) is 102 cm³/mol. The highest BCUT2D eigenvalue weighted by molar-refractivity contribution is 6.08. The van der Waals surface area contributed by atoms with Crippen molar-refractivity contribution in [2.45, 2.75) is 33.2 Å². The smallest absolute Gasteiger partial charge is 0.254 e. The average molecular weight is 348 g/mol. The zero-order chi connectivity index (χ0) is 18.1. The van der Waals surface area contributed by atoms with E-state index in [0.717, 1.165) is 54.4 Å². The summed E-state index contributed by atoms with van der Waals surface area (Å²) >= 11 is 0. The first-order valence-corrected chi connectivity index (χ1v) is 9.23. The van der Waals surface area contributed by atoms with Gasteiger partial charge in [-0.15, -0.1) is 0 Å². The third kappa shape index (κ3) is 3.21. The van der Waals surface area contributed by atoms with Crippen molar-refractivity contribution in [1.29, 1.82) is 0 Å². The molecule has 134 valence electrons. The van der Waals surface area contributed by atoms with Crippen LogP contribution in [0, 0.1) is 19.8 Å². The largest absolute Gasteiger partial charge is 0.339 e. The van der Waals surface area contributed by atoms with Gasteiger partial charge in [0.25, 0.3) is 5.91 Å². The first-order chi connectivity index (χ1) is 12.6. The molecule has 0 atom stereocenters. The Morgan fingerprint density at radius 1 is 1.15 bits per heavy atom. The van der Waals surface area contributed by atoms with Crippen LogP contribution in [-0.4, -0.2) is 38.7 Å². The van der Waals surface area contributed by atoms with E-state index in [4.69, 9.17) is 0 Å². The summed E-state index contributed by atoms with van der Waals surface area (Å²) in [5.41, 5.74) is 3.13. The van der Waals surface area contributed by atoms with E-state index in [1.807, 2.05) is 16.5 Å². The summed E-state index contributed by atoms with van der Waals surface area (Å²) in [6, 6.07) is 10.5. The molecule has 1 amide bonds. The van der Waals surface area contributed by atoms with Crippen molar-refractivity contribution in [3.8, 4) is 0 Å². The number of aromatic nitrogens is 3. The maximum absolute atomic E-state index is 13.2. The third-order valence-corrected chi connectivity index (χ3v) is 5.41. The number of amides is 1. The monoisotopic (exact) mass is 348 g/mol. The molecule has 1 aromatic heterocycles. The van der Waals surface area contributed by atoms with Crippen molar-refractivity contribution in [2.75, 3.05) is 13.1 Å². The molecule has 0 saturated carbocycles. The van der Waals surface area contributed by atoms with E-state index in [-0.39, 0.29) is 5.91 Å². The standard InChI is InChI=1S/C21H24N4O/c1-15-3-6-19-18(11-15)5-4-16(2)20(19)21(26)24-9-7-17(8-10-24)12-25-14-22-13-23-25/h3-6,11,13-14,17H,7-10,12H2,1-2H3. The SMILES string of the molecule is Cc1ccc2c(C(=O)N3CCC(Cn4cncn4)CC3)c(C)ccc2c1. The molecule has 1 saturated heterocycles. The summed E-state index contributed by atoms with van der Waals surface area (Å²) in [6.07, 6.45) is 5.35. The number of fused-ring (bicyclic) bond motifs is 1. The molecule has 1 aliphatic rings. The van der Waals surface area contributed by atoms with Gasteiger partial charge in [0.1, 0.15) is 12.7 Å². The molecule has 0 aliphatic carbocycles. The van der Waals surface area contributed by atoms with Gasteiger partial charge in [0, 0.05) is 19.6 Å². The van der Waals surface area contributed by atoms with E-state index >= 15 is 0 Å². The lowest BCUT2D eigenvalue weighted by molar-refractivity contribution is 0.0682. The molecule has 3 aromatic rings. The normalized spacial score (nSPS) is 15.5. The maximum atomic E-state index is 13.2. The number of likely N-dealkylation sites (tertiary alicyclic amines) is 1.